The summed E-state index contributed by atoms with van der Waals surface area (Å²) >= 11 is 0. The number of nitrogens with zero attached hydrogens (tertiary/aromatic N) is 6. The third-order valence-electron chi connectivity index (χ3n) is 7.21. The summed E-state index contributed by atoms with van der Waals surface area (Å²) in [5.41, 5.74) is 5.11. The summed E-state index contributed by atoms with van der Waals surface area (Å²) in [5.74, 6) is -3.52. The number of carboxylic acid groups (broad SMARTS) is 2. The van der Waals surface area contributed by atoms with E-state index >= 15 is 0 Å². The maximum Gasteiger partial charge on any atom is 0.356 e. The van der Waals surface area contributed by atoms with E-state index in [-0.39, 0.29) is 44.3 Å². The van der Waals surface area contributed by atoms with E-state index in [1.165, 1.54) is 96.7 Å². The maximum absolute atomic E-state index is 11.3. The number of aromatic nitrogens is 6. The summed E-state index contributed by atoms with van der Waals surface area (Å²) in [7, 11) is -8.86. The first-order chi connectivity index (χ1) is 27.4. The second kappa shape index (κ2) is 19.2. The zero-order valence-electron chi connectivity index (χ0n) is 29.0. The average molecular weight is 835 g/mol. The smallest absolute Gasteiger partial charge is 0.356 e. The maximum atomic E-state index is 11.3. The molecule has 58 heavy (non-hydrogen) atoms. The molecular formula is C34H28N8O14P2. The minimum Gasteiger partial charge on any atom is -0.478 e. The van der Waals surface area contributed by atoms with Crippen molar-refractivity contribution in [3.8, 4) is 34.2 Å². The normalized spacial score (nSPS) is 10.8. The van der Waals surface area contributed by atoms with Crippen LogP contribution in [0.3, 0.4) is 0 Å². The van der Waals surface area contributed by atoms with Crippen molar-refractivity contribution < 1.29 is 68.5 Å². The first-order valence-corrected chi connectivity index (χ1v) is 18.9. The fourth-order valence-electron chi connectivity index (χ4n) is 4.44. The highest BCUT2D eigenvalue weighted by Gasteiger charge is 2.21. The van der Waals surface area contributed by atoms with Crippen LogP contribution in [0.1, 0.15) is 41.4 Å². The van der Waals surface area contributed by atoms with Crippen LogP contribution in [0.15, 0.2) is 110 Å². The predicted octanol–water partition coefficient (Wildman–Crippen LogP) is 1.67. The van der Waals surface area contributed by atoms with Crippen LogP contribution in [0.25, 0.3) is 34.2 Å². The zero-order valence-corrected chi connectivity index (χ0v) is 30.8. The molecule has 0 saturated heterocycles. The number of hydroxylamine groups is 2. The van der Waals surface area contributed by atoms with Crippen LogP contribution in [0.2, 0.25) is 0 Å². The van der Waals surface area contributed by atoms with Gasteiger partial charge in [-0.3, -0.25) is 59.0 Å². The molecule has 0 aliphatic carbocycles. The number of rotatable bonds is 9. The fourth-order valence-corrected chi connectivity index (χ4v) is 5.54. The van der Waals surface area contributed by atoms with Crippen molar-refractivity contribution in [3.05, 3.63) is 132 Å². The van der Waals surface area contributed by atoms with E-state index in [1.54, 1.807) is 0 Å². The Morgan fingerprint density at radius 3 is 0.914 bits per heavy atom. The van der Waals surface area contributed by atoms with E-state index in [4.69, 9.17) is 40.2 Å². The lowest BCUT2D eigenvalue weighted by Gasteiger charge is -2.07. The predicted molar refractivity (Wildman–Crippen MR) is 198 cm³/mol. The van der Waals surface area contributed by atoms with Gasteiger partial charge in [0, 0.05) is 48.3 Å². The molecule has 10 N–H and O–H groups in total. The summed E-state index contributed by atoms with van der Waals surface area (Å²) < 4.78 is 22.3. The van der Waals surface area contributed by atoms with Gasteiger partial charge in [-0.05, 0) is 72.8 Å². The molecule has 0 unspecified atom stereocenters. The number of pyridine rings is 6. The highest BCUT2D eigenvalue weighted by atomic mass is 31.2. The Morgan fingerprint density at radius 1 is 0.414 bits per heavy atom. The summed E-state index contributed by atoms with van der Waals surface area (Å²) in [5, 5.41) is 34.4. The van der Waals surface area contributed by atoms with Crippen LogP contribution in [0.5, 0.6) is 0 Å². The van der Waals surface area contributed by atoms with Gasteiger partial charge in [0.1, 0.15) is 0 Å². The topological polar surface area (TPSA) is 366 Å². The molecule has 22 nitrogen and oxygen atoms in total. The molecule has 0 spiro atoms. The number of carbonyl (C=O) groups is 4. The molecule has 0 bridgehead atoms. The van der Waals surface area contributed by atoms with Gasteiger partial charge in [0.05, 0.1) is 55.9 Å². The Hall–Kier alpha value is -7.00. The fraction of sp³-hybridized carbons (Fsp3) is 0. The summed E-state index contributed by atoms with van der Waals surface area (Å²) in [6.45, 7) is 0. The number of hydrogen-bond acceptors (Lipinski definition) is 14. The minimum absolute atomic E-state index is 0.0718. The lowest BCUT2D eigenvalue weighted by molar-refractivity contribution is 0.0686. The Bertz CT molecular complexity index is 2410. The van der Waals surface area contributed by atoms with Gasteiger partial charge in [-0.1, -0.05) is 0 Å². The minimum atomic E-state index is -4.43. The van der Waals surface area contributed by atoms with Crippen molar-refractivity contribution in [1.82, 2.24) is 40.9 Å². The van der Waals surface area contributed by atoms with Crippen molar-refractivity contribution >= 4 is 49.6 Å². The SMILES string of the molecule is O=C(NO)c1ccnc(-c2cc(C(=O)NO)ccn2)c1.O=C(O)c1ccnc(-c2cc(C(=O)O)ccn2)c1.O=P(O)(O)c1ccnc(-c2cc(P(=O)(O)O)ccn2)c1. The molecule has 0 aliphatic rings. The third kappa shape index (κ3) is 12.0. The van der Waals surface area contributed by atoms with Gasteiger partial charge in [-0.25, -0.2) is 20.5 Å². The Morgan fingerprint density at radius 2 is 0.655 bits per heavy atom. The van der Waals surface area contributed by atoms with E-state index in [0.29, 0.717) is 22.8 Å². The number of nitrogens with one attached hydrogen (secondary N) is 2. The molecule has 0 aromatic carbocycles. The molecule has 24 heteroatoms. The van der Waals surface area contributed by atoms with E-state index in [9.17, 15) is 28.3 Å². The second-order valence-electron chi connectivity index (χ2n) is 11.1. The number of carboxylic acids is 2. The number of amides is 2. The van der Waals surface area contributed by atoms with Crippen molar-refractivity contribution in [3.63, 3.8) is 0 Å². The highest BCUT2D eigenvalue weighted by molar-refractivity contribution is 7.60. The lowest BCUT2D eigenvalue weighted by atomic mass is 10.1. The second-order valence-corrected chi connectivity index (χ2v) is 14.3. The zero-order chi connectivity index (χ0) is 42.6. The molecule has 6 rings (SSSR count). The monoisotopic (exact) mass is 834 g/mol. The Kier molecular flexibility index (Phi) is 14.5. The van der Waals surface area contributed by atoms with Crippen molar-refractivity contribution in [2.45, 2.75) is 0 Å². The van der Waals surface area contributed by atoms with E-state index < -0.39 is 38.9 Å². The number of aromatic carboxylic acids is 2. The van der Waals surface area contributed by atoms with Gasteiger partial charge in [0.25, 0.3) is 11.8 Å². The van der Waals surface area contributed by atoms with Crippen molar-refractivity contribution in [1.29, 1.82) is 0 Å². The van der Waals surface area contributed by atoms with Gasteiger partial charge < -0.3 is 29.8 Å². The van der Waals surface area contributed by atoms with E-state index in [0.717, 1.165) is 24.3 Å². The molecule has 2 amide bonds. The van der Waals surface area contributed by atoms with Gasteiger partial charge in [0.2, 0.25) is 0 Å². The van der Waals surface area contributed by atoms with Crippen molar-refractivity contribution in [2.24, 2.45) is 0 Å². The molecule has 0 radical (unpaired) electrons. The molecule has 0 saturated carbocycles. The van der Waals surface area contributed by atoms with Gasteiger partial charge in [-0.15, -0.1) is 0 Å². The summed E-state index contributed by atoms with van der Waals surface area (Å²) in [6.07, 6.45) is 7.81. The molecule has 0 atom stereocenters. The van der Waals surface area contributed by atoms with Gasteiger partial charge >= 0.3 is 27.1 Å². The van der Waals surface area contributed by atoms with Gasteiger partial charge in [-0.2, -0.15) is 0 Å². The van der Waals surface area contributed by atoms with E-state index in [1.807, 2.05) is 0 Å². The van der Waals surface area contributed by atoms with Gasteiger partial charge in [0.15, 0.2) is 0 Å². The Balaban J connectivity index is 0.000000193. The van der Waals surface area contributed by atoms with Crippen LogP contribution in [-0.2, 0) is 9.13 Å². The largest absolute Gasteiger partial charge is 0.478 e. The first kappa shape index (κ1) is 43.7. The Labute approximate surface area is 324 Å². The first-order valence-electron chi connectivity index (χ1n) is 15.7. The van der Waals surface area contributed by atoms with Crippen LogP contribution < -0.4 is 21.6 Å². The molecular weight excluding hydrogens is 806 g/mol. The molecule has 0 aliphatic heterocycles. The van der Waals surface area contributed by atoms with Crippen LogP contribution >= 0.6 is 15.2 Å². The summed E-state index contributed by atoms with van der Waals surface area (Å²) in [4.78, 5) is 104. The lowest BCUT2D eigenvalue weighted by Crippen LogP contribution is -2.19. The molecule has 0 fully saturated rings. The van der Waals surface area contributed by atoms with Crippen LogP contribution in [-0.4, -0.2) is 93.9 Å². The van der Waals surface area contributed by atoms with Crippen molar-refractivity contribution in [2.75, 3.05) is 0 Å². The molecule has 6 aromatic heterocycles. The standard InChI is InChI=1S/C12H10N4O4.C12H8N2O4.C10H10N2O6P2/c17-11(15-19)7-1-3-13-9(5-7)10-6-8(2-4-14-10)12(18)16-20;15-11(16)7-1-3-13-9(5-7)10-6-8(12(17)18)2-4-14-10;13-19(14,15)7-1-3-11-9(5-7)10-6-8(2-4-12-10)20(16,17)18/h1-6,19-20H,(H,15,17)(H,16,18);1-6H,(H,15,16)(H,17,18);1-6H,(H2,13,14,15)(H2,16,17,18). The molecule has 298 valence electrons. The number of carbonyl (C=O) groups excluding carboxylic acids is 2. The average Bonchev–Trinajstić information content (AvgIpc) is 3.23. The van der Waals surface area contributed by atoms with Crippen LogP contribution in [0.4, 0.5) is 0 Å². The molecule has 6 heterocycles. The molecule has 6 aromatic rings. The summed E-state index contributed by atoms with van der Waals surface area (Å²) in [6, 6.07) is 15.6. The van der Waals surface area contributed by atoms with Crippen LogP contribution in [0, 0.1) is 0 Å². The van der Waals surface area contributed by atoms with E-state index in [2.05, 4.69) is 29.9 Å². The quantitative estimate of drug-likeness (QED) is 0.0562. The third-order valence-corrected chi connectivity index (χ3v) is 9.11. The highest BCUT2D eigenvalue weighted by Crippen LogP contribution is 2.35. The number of hydrogen-bond donors (Lipinski definition) is 10.